The highest BCUT2D eigenvalue weighted by Crippen LogP contribution is 2.20. The van der Waals surface area contributed by atoms with Gasteiger partial charge in [0.25, 0.3) is 0 Å². The molecule has 0 radical (unpaired) electrons. The number of thiophene rings is 1. The first kappa shape index (κ1) is 19.4. The van der Waals surface area contributed by atoms with E-state index in [1.54, 1.807) is 36.4 Å². The minimum Gasteiger partial charge on any atom is -0.451 e. The number of Topliss-reactive ketones (excluding diaryl/α,β-unsaturated/α-hetero) is 1. The highest BCUT2D eigenvalue weighted by Gasteiger charge is 2.22. The molecule has 3 rings (SSSR count). The Balaban J connectivity index is 1.65. The molecule has 0 aliphatic heterocycles. The van der Waals surface area contributed by atoms with E-state index in [0.29, 0.717) is 17.1 Å². The number of rotatable bonds is 7. The normalized spacial score (nSPS) is 11.6. The van der Waals surface area contributed by atoms with E-state index in [1.807, 2.05) is 0 Å². The number of esters is 1. The lowest BCUT2D eigenvalue weighted by molar-refractivity contribution is -0.119. The maximum atomic E-state index is 12.5. The van der Waals surface area contributed by atoms with Crippen LogP contribution in [0.15, 0.2) is 42.7 Å². The second-order valence-electron chi connectivity index (χ2n) is 5.89. The van der Waals surface area contributed by atoms with Gasteiger partial charge in [0.2, 0.25) is 11.7 Å². The van der Waals surface area contributed by atoms with Gasteiger partial charge >= 0.3 is 5.97 Å². The third kappa shape index (κ3) is 4.65. The van der Waals surface area contributed by atoms with Gasteiger partial charge in [0.15, 0.2) is 6.10 Å². The SMILES string of the molecule is CC(=O)NCc1ccc(C(=O)C(C)OC(=O)c2cccc(-n3cnnn3)c2)s1. The summed E-state index contributed by atoms with van der Waals surface area (Å²) < 4.78 is 6.73. The number of hydrogen-bond donors (Lipinski definition) is 1. The van der Waals surface area contributed by atoms with Crippen LogP contribution >= 0.6 is 11.3 Å². The second-order valence-corrected chi connectivity index (χ2v) is 7.06. The van der Waals surface area contributed by atoms with Crippen molar-refractivity contribution < 1.29 is 19.1 Å². The van der Waals surface area contributed by atoms with E-state index in [2.05, 4.69) is 20.8 Å². The van der Waals surface area contributed by atoms with Crippen molar-refractivity contribution in [3.8, 4) is 5.69 Å². The Morgan fingerprint density at radius 3 is 2.79 bits per heavy atom. The average Bonchev–Trinajstić information content (AvgIpc) is 3.37. The largest absolute Gasteiger partial charge is 0.451 e. The number of aromatic nitrogens is 4. The van der Waals surface area contributed by atoms with Gasteiger partial charge < -0.3 is 10.1 Å². The van der Waals surface area contributed by atoms with Gasteiger partial charge in [0, 0.05) is 11.8 Å². The maximum absolute atomic E-state index is 12.5. The number of nitrogens with one attached hydrogen (secondary N) is 1. The molecular formula is C18H17N5O4S. The molecule has 144 valence electrons. The summed E-state index contributed by atoms with van der Waals surface area (Å²) in [5, 5.41) is 13.5. The second kappa shape index (κ2) is 8.53. The van der Waals surface area contributed by atoms with Crippen LogP contribution in [-0.4, -0.2) is 44.0 Å². The Bertz CT molecular complexity index is 999. The van der Waals surface area contributed by atoms with Crippen molar-refractivity contribution >= 4 is 29.0 Å². The number of benzene rings is 1. The molecule has 0 aliphatic carbocycles. The summed E-state index contributed by atoms with van der Waals surface area (Å²) in [5.74, 6) is -1.07. The summed E-state index contributed by atoms with van der Waals surface area (Å²) in [4.78, 5) is 37.2. The van der Waals surface area contributed by atoms with E-state index < -0.39 is 12.1 Å². The monoisotopic (exact) mass is 399 g/mol. The standard InChI is InChI=1S/C18H17N5O4S/c1-11(17(25)16-7-6-15(28-16)9-19-12(2)24)27-18(26)13-4-3-5-14(8-13)23-10-20-21-22-23/h3-8,10-11H,9H2,1-2H3,(H,19,24). The maximum Gasteiger partial charge on any atom is 0.338 e. The van der Waals surface area contributed by atoms with Gasteiger partial charge in [-0.25, -0.2) is 9.48 Å². The molecule has 1 unspecified atom stereocenters. The molecule has 28 heavy (non-hydrogen) atoms. The molecule has 2 aromatic heterocycles. The summed E-state index contributed by atoms with van der Waals surface area (Å²) in [6.07, 6.45) is 0.461. The van der Waals surface area contributed by atoms with Crippen molar-refractivity contribution in [2.24, 2.45) is 0 Å². The highest BCUT2D eigenvalue weighted by atomic mass is 32.1. The predicted octanol–water partition coefficient (Wildman–Crippen LogP) is 1.79. The molecule has 0 spiro atoms. The van der Waals surface area contributed by atoms with E-state index in [-0.39, 0.29) is 17.3 Å². The molecule has 0 saturated carbocycles. The number of amides is 1. The van der Waals surface area contributed by atoms with Crippen LogP contribution in [0.2, 0.25) is 0 Å². The van der Waals surface area contributed by atoms with Crippen LogP contribution in [0.1, 0.15) is 38.8 Å². The van der Waals surface area contributed by atoms with E-state index in [9.17, 15) is 14.4 Å². The molecule has 0 bridgehead atoms. The lowest BCUT2D eigenvalue weighted by Crippen LogP contribution is -2.24. The number of carbonyl (C=O) groups is 3. The van der Waals surface area contributed by atoms with E-state index in [1.165, 1.54) is 36.2 Å². The zero-order valence-electron chi connectivity index (χ0n) is 15.2. The number of ketones is 1. The molecule has 0 saturated heterocycles. The number of hydrogen-bond acceptors (Lipinski definition) is 8. The van der Waals surface area contributed by atoms with E-state index in [0.717, 1.165) is 4.88 Å². The zero-order chi connectivity index (χ0) is 20.1. The smallest absolute Gasteiger partial charge is 0.338 e. The fourth-order valence-corrected chi connectivity index (χ4v) is 3.32. The first-order valence-electron chi connectivity index (χ1n) is 8.36. The molecular weight excluding hydrogens is 382 g/mol. The lowest BCUT2D eigenvalue weighted by atomic mass is 10.2. The lowest BCUT2D eigenvalue weighted by Gasteiger charge is -2.12. The Morgan fingerprint density at radius 1 is 1.25 bits per heavy atom. The Kier molecular flexibility index (Phi) is 5.90. The molecule has 10 heteroatoms. The van der Waals surface area contributed by atoms with Crippen LogP contribution in [0.4, 0.5) is 0 Å². The molecule has 1 N–H and O–H groups in total. The first-order valence-corrected chi connectivity index (χ1v) is 9.17. The van der Waals surface area contributed by atoms with Crippen molar-refractivity contribution in [3.05, 3.63) is 58.0 Å². The molecule has 3 aromatic rings. The molecule has 1 aromatic carbocycles. The van der Waals surface area contributed by atoms with E-state index >= 15 is 0 Å². The van der Waals surface area contributed by atoms with Crippen molar-refractivity contribution in [2.75, 3.05) is 0 Å². The number of nitrogens with zero attached hydrogens (tertiary/aromatic N) is 4. The van der Waals surface area contributed by atoms with Crippen molar-refractivity contribution in [1.82, 2.24) is 25.5 Å². The Hall–Kier alpha value is -3.40. The summed E-state index contributed by atoms with van der Waals surface area (Å²) >= 11 is 1.25. The van der Waals surface area contributed by atoms with Crippen molar-refractivity contribution in [3.63, 3.8) is 0 Å². The molecule has 0 aliphatic rings. The number of carbonyl (C=O) groups excluding carboxylic acids is 3. The van der Waals surface area contributed by atoms with Gasteiger partial charge in [-0.3, -0.25) is 9.59 Å². The molecule has 1 amide bonds. The van der Waals surface area contributed by atoms with Crippen LogP contribution in [0, 0.1) is 0 Å². The van der Waals surface area contributed by atoms with Gasteiger partial charge in [-0.1, -0.05) is 6.07 Å². The summed E-state index contributed by atoms with van der Waals surface area (Å²) in [7, 11) is 0. The number of ether oxygens (including phenoxy) is 1. The van der Waals surface area contributed by atoms with Crippen molar-refractivity contribution in [2.45, 2.75) is 26.5 Å². The summed E-state index contributed by atoms with van der Waals surface area (Å²) in [6.45, 7) is 3.31. The van der Waals surface area contributed by atoms with Gasteiger partial charge in [-0.05, 0) is 47.7 Å². The highest BCUT2D eigenvalue weighted by molar-refractivity contribution is 7.14. The summed E-state index contributed by atoms with van der Waals surface area (Å²) in [6, 6.07) is 10.00. The Morgan fingerprint density at radius 2 is 2.07 bits per heavy atom. The zero-order valence-corrected chi connectivity index (χ0v) is 16.0. The van der Waals surface area contributed by atoms with E-state index in [4.69, 9.17) is 4.74 Å². The summed E-state index contributed by atoms with van der Waals surface area (Å²) in [5.41, 5.74) is 0.879. The molecule has 9 nitrogen and oxygen atoms in total. The van der Waals surface area contributed by atoms with Crippen LogP contribution < -0.4 is 5.32 Å². The topological polar surface area (TPSA) is 116 Å². The minimum absolute atomic E-state index is 0.146. The predicted molar refractivity (Wildman–Crippen MR) is 100 cm³/mol. The van der Waals surface area contributed by atoms with Gasteiger partial charge in [-0.15, -0.1) is 16.4 Å². The van der Waals surface area contributed by atoms with Crippen LogP contribution in [0.3, 0.4) is 0 Å². The third-order valence-corrected chi connectivity index (χ3v) is 4.86. The molecule has 2 heterocycles. The van der Waals surface area contributed by atoms with Gasteiger partial charge in [-0.2, -0.15) is 0 Å². The van der Waals surface area contributed by atoms with Crippen molar-refractivity contribution in [1.29, 1.82) is 0 Å². The quantitative estimate of drug-likeness (QED) is 0.475. The molecule has 1 atom stereocenters. The fourth-order valence-electron chi connectivity index (χ4n) is 2.35. The minimum atomic E-state index is -0.948. The fraction of sp³-hybridized carbons (Fsp3) is 0.222. The molecule has 0 fully saturated rings. The number of tetrazole rings is 1. The van der Waals surface area contributed by atoms with Gasteiger partial charge in [0.05, 0.1) is 22.7 Å². The first-order chi connectivity index (χ1) is 13.4. The van der Waals surface area contributed by atoms with Gasteiger partial charge in [0.1, 0.15) is 6.33 Å². The average molecular weight is 399 g/mol. The third-order valence-electron chi connectivity index (χ3n) is 3.76. The van der Waals surface area contributed by atoms with Crippen LogP contribution in [0.5, 0.6) is 0 Å². The van der Waals surface area contributed by atoms with Crippen LogP contribution in [-0.2, 0) is 16.1 Å². The van der Waals surface area contributed by atoms with Crippen LogP contribution in [0.25, 0.3) is 5.69 Å². The Labute approximate surface area is 164 Å².